The fourth-order valence-corrected chi connectivity index (χ4v) is 4.22. The number of thioether (sulfide) groups is 1. The number of anilines is 1. The van der Waals surface area contributed by atoms with E-state index >= 15 is 0 Å². The van der Waals surface area contributed by atoms with E-state index in [0.29, 0.717) is 21.7 Å². The van der Waals surface area contributed by atoms with Crippen LogP contribution in [0.3, 0.4) is 0 Å². The first-order valence-corrected chi connectivity index (χ1v) is 10.6. The van der Waals surface area contributed by atoms with E-state index in [9.17, 15) is 19.2 Å². The highest BCUT2D eigenvalue weighted by atomic mass is 32.2. The fourth-order valence-electron chi connectivity index (χ4n) is 3.34. The number of Topliss-reactive ketones (excluding diaryl/α,β-unsaturated/α-hetero) is 1. The Hall–Kier alpha value is -3.92. The van der Waals surface area contributed by atoms with E-state index in [2.05, 4.69) is 4.98 Å². The number of hydrogen-bond acceptors (Lipinski definition) is 7. The summed E-state index contributed by atoms with van der Waals surface area (Å²) in [5, 5.41) is 0.747. The molecule has 0 spiro atoms. The molecular weight excluding hydrogens is 430 g/mol. The van der Waals surface area contributed by atoms with E-state index in [-0.39, 0.29) is 22.7 Å². The molecule has 0 aliphatic carbocycles. The molecule has 4 aromatic rings. The van der Waals surface area contributed by atoms with Crippen molar-refractivity contribution in [1.82, 2.24) is 18.7 Å². The zero-order chi connectivity index (χ0) is 23.0. The van der Waals surface area contributed by atoms with Crippen molar-refractivity contribution in [3.63, 3.8) is 0 Å². The summed E-state index contributed by atoms with van der Waals surface area (Å²) in [4.78, 5) is 55.2. The van der Waals surface area contributed by atoms with E-state index in [0.717, 1.165) is 20.9 Å². The van der Waals surface area contributed by atoms with Gasteiger partial charge in [0, 0.05) is 14.1 Å². The van der Waals surface area contributed by atoms with Crippen molar-refractivity contribution in [2.24, 2.45) is 14.1 Å². The average molecular weight is 449 g/mol. The molecule has 0 bridgehead atoms. The lowest BCUT2D eigenvalue weighted by atomic mass is 10.2. The predicted octanol–water partition coefficient (Wildman–Crippen LogP) is 1.34. The minimum Gasteiger partial charge on any atom is -0.384 e. The summed E-state index contributed by atoms with van der Waals surface area (Å²) in [6.07, 6.45) is 0. The van der Waals surface area contributed by atoms with Gasteiger partial charge >= 0.3 is 5.69 Å². The van der Waals surface area contributed by atoms with Gasteiger partial charge in [0.1, 0.15) is 11.4 Å². The van der Waals surface area contributed by atoms with Crippen LogP contribution in [0.1, 0.15) is 10.4 Å². The smallest absolute Gasteiger partial charge is 0.332 e. The third-order valence-corrected chi connectivity index (χ3v) is 6.02. The Balaban J connectivity index is 1.79. The van der Waals surface area contributed by atoms with Gasteiger partial charge in [0.25, 0.3) is 11.1 Å². The number of para-hydroxylation sites is 2. The van der Waals surface area contributed by atoms with Crippen LogP contribution in [0, 0.1) is 0 Å². The Morgan fingerprint density at radius 3 is 2.31 bits per heavy atom. The standard InChI is InChI=1S/C22H19N5O4S/c1-25-18(23)17(20(30)26(2)22(25)31)16(28)12-32-21-24-15-11-7-6-10-14(15)19(29)27(21)13-8-4-3-5-9-13/h3-11H,12,23H2,1-2H3. The molecule has 0 unspecified atom stereocenters. The Labute approximate surface area is 185 Å². The van der Waals surface area contributed by atoms with Crippen molar-refractivity contribution in [2.75, 3.05) is 11.5 Å². The molecule has 2 aromatic carbocycles. The molecule has 9 nitrogen and oxygen atoms in total. The summed E-state index contributed by atoms with van der Waals surface area (Å²) in [6, 6.07) is 15.9. The quantitative estimate of drug-likeness (QED) is 0.277. The summed E-state index contributed by atoms with van der Waals surface area (Å²) in [7, 11) is 2.67. The van der Waals surface area contributed by atoms with Gasteiger partial charge in [-0.1, -0.05) is 42.1 Å². The maximum absolute atomic E-state index is 13.2. The number of ketones is 1. The van der Waals surface area contributed by atoms with Crippen LogP contribution in [0.4, 0.5) is 5.82 Å². The van der Waals surface area contributed by atoms with Gasteiger partial charge in [-0.15, -0.1) is 0 Å². The molecule has 0 saturated carbocycles. The normalized spacial score (nSPS) is 11.1. The van der Waals surface area contributed by atoms with Crippen LogP contribution in [-0.2, 0) is 14.1 Å². The van der Waals surface area contributed by atoms with Crippen LogP contribution in [0.25, 0.3) is 16.6 Å². The van der Waals surface area contributed by atoms with Crippen LogP contribution in [-0.4, -0.2) is 30.2 Å². The molecule has 0 aliphatic heterocycles. The van der Waals surface area contributed by atoms with E-state index in [1.54, 1.807) is 48.5 Å². The molecule has 0 aliphatic rings. The van der Waals surface area contributed by atoms with E-state index in [1.165, 1.54) is 18.7 Å². The minimum absolute atomic E-state index is 0.198. The number of hydrogen-bond donors (Lipinski definition) is 1. The van der Waals surface area contributed by atoms with Gasteiger partial charge in [-0.05, 0) is 24.3 Å². The molecule has 2 heterocycles. The number of nitrogens with two attached hydrogens (primary N) is 1. The first-order valence-electron chi connectivity index (χ1n) is 9.60. The van der Waals surface area contributed by atoms with E-state index in [1.807, 2.05) is 6.07 Å². The van der Waals surface area contributed by atoms with Gasteiger partial charge in [-0.2, -0.15) is 0 Å². The van der Waals surface area contributed by atoms with E-state index < -0.39 is 17.0 Å². The Morgan fingerprint density at radius 2 is 1.59 bits per heavy atom. The van der Waals surface area contributed by atoms with Crippen LogP contribution in [0.5, 0.6) is 0 Å². The van der Waals surface area contributed by atoms with E-state index in [4.69, 9.17) is 5.73 Å². The number of carbonyl (C=O) groups is 1. The summed E-state index contributed by atoms with van der Waals surface area (Å²) in [5.74, 6) is -0.962. The first-order chi connectivity index (χ1) is 15.3. The maximum Gasteiger partial charge on any atom is 0.332 e. The van der Waals surface area contributed by atoms with Crippen LogP contribution >= 0.6 is 11.8 Å². The summed E-state index contributed by atoms with van der Waals surface area (Å²) < 4.78 is 3.32. The van der Waals surface area contributed by atoms with Crippen molar-refractivity contribution in [3.05, 3.63) is 91.4 Å². The number of nitrogens with zero attached hydrogens (tertiary/aromatic N) is 4. The average Bonchev–Trinajstić information content (AvgIpc) is 2.81. The van der Waals surface area contributed by atoms with Crippen LogP contribution in [0.15, 0.2) is 74.1 Å². The fraction of sp³-hybridized carbons (Fsp3) is 0.136. The highest BCUT2D eigenvalue weighted by molar-refractivity contribution is 7.99. The molecule has 4 rings (SSSR count). The SMILES string of the molecule is Cn1c(N)c(C(=O)CSc2nc3ccccc3c(=O)n2-c2ccccc2)c(=O)n(C)c1=O. The second-order valence-electron chi connectivity index (χ2n) is 7.07. The van der Waals surface area contributed by atoms with Gasteiger partial charge in [0.2, 0.25) is 0 Å². The van der Waals surface area contributed by atoms with Gasteiger partial charge in [0.15, 0.2) is 10.9 Å². The van der Waals surface area contributed by atoms with Crippen molar-refractivity contribution in [2.45, 2.75) is 5.16 Å². The first kappa shape index (κ1) is 21.3. The molecule has 10 heteroatoms. The van der Waals surface area contributed by atoms with Gasteiger partial charge in [0.05, 0.1) is 22.3 Å². The molecule has 2 aromatic heterocycles. The lowest BCUT2D eigenvalue weighted by Gasteiger charge is -2.14. The molecule has 0 radical (unpaired) electrons. The maximum atomic E-state index is 13.2. The monoisotopic (exact) mass is 449 g/mol. The Kier molecular flexibility index (Phi) is 5.54. The van der Waals surface area contributed by atoms with Crippen molar-refractivity contribution in [1.29, 1.82) is 0 Å². The molecule has 0 fully saturated rings. The minimum atomic E-state index is -0.761. The third kappa shape index (κ3) is 3.54. The molecule has 2 N–H and O–H groups in total. The third-order valence-electron chi connectivity index (χ3n) is 5.08. The second kappa shape index (κ2) is 8.31. The van der Waals surface area contributed by atoms with Crippen molar-refractivity contribution in [3.8, 4) is 5.69 Å². The highest BCUT2D eigenvalue weighted by Gasteiger charge is 2.22. The number of fused-ring (bicyclic) bond motifs is 1. The topological polar surface area (TPSA) is 122 Å². The summed E-state index contributed by atoms with van der Waals surface area (Å²) in [5.41, 5.74) is 5.07. The molecule has 162 valence electrons. The molecule has 32 heavy (non-hydrogen) atoms. The van der Waals surface area contributed by atoms with Gasteiger partial charge < -0.3 is 5.73 Å². The summed E-state index contributed by atoms with van der Waals surface area (Å²) >= 11 is 1.02. The second-order valence-corrected chi connectivity index (χ2v) is 8.01. The van der Waals surface area contributed by atoms with Crippen molar-refractivity contribution >= 4 is 34.3 Å². The number of carbonyl (C=O) groups excluding carboxylic acids is 1. The Morgan fingerprint density at radius 1 is 0.938 bits per heavy atom. The lowest BCUT2D eigenvalue weighted by molar-refractivity contribution is 0.102. The van der Waals surface area contributed by atoms with Gasteiger partial charge in [-0.25, -0.2) is 9.78 Å². The Bertz CT molecular complexity index is 1540. The number of rotatable bonds is 5. The lowest BCUT2D eigenvalue weighted by Crippen LogP contribution is -2.41. The summed E-state index contributed by atoms with van der Waals surface area (Å²) in [6.45, 7) is 0. The zero-order valence-electron chi connectivity index (χ0n) is 17.3. The zero-order valence-corrected chi connectivity index (χ0v) is 18.1. The number of aromatic nitrogens is 4. The molecule has 0 atom stereocenters. The number of nitrogen functional groups attached to an aromatic ring is 1. The largest absolute Gasteiger partial charge is 0.384 e. The van der Waals surface area contributed by atoms with Gasteiger partial charge in [-0.3, -0.25) is 28.1 Å². The van der Waals surface area contributed by atoms with Crippen LogP contribution in [0.2, 0.25) is 0 Å². The molecule has 0 amide bonds. The molecular formula is C22H19N5O4S. The van der Waals surface area contributed by atoms with Crippen molar-refractivity contribution < 1.29 is 4.79 Å². The van der Waals surface area contributed by atoms with Crippen LogP contribution < -0.4 is 22.5 Å². The predicted molar refractivity (Wildman–Crippen MR) is 124 cm³/mol. The molecule has 0 saturated heterocycles. The highest BCUT2D eigenvalue weighted by Crippen LogP contribution is 2.22. The number of benzene rings is 2.